The van der Waals surface area contributed by atoms with Gasteiger partial charge in [0, 0.05) is 5.56 Å². The molecular weight excluding hydrogens is 339 g/mol. The summed E-state index contributed by atoms with van der Waals surface area (Å²) >= 11 is 0. The Balaban J connectivity index is 1.70. The number of methoxy groups -OCH3 is 1. The first-order chi connectivity index (χ1) is 11.9. The third-order valence-electron chi connectivity index (χ3n) is 3.09. The Morgan fingerprint density at radius 2 is 1.68 bits per heavy atom. The molecule has 0 aliphatic rings. The molecule has 9 heteroatoms. The summed E-state index contributed by atoms with van der Waals surface area (Å²) in [6.07, 6.45) is -1.74. The van der Waals surface area contributed by atoms with E-state index in [1.54, 1.807) is 12.1 Å². The van der Waals surface area contributed by atoms with Gasteiger partial charge in [-0.1, -0.05) is 0 Å². The number of benzene rings is 1. The third kappa shape index (κ3) is 4.40. The third-order valence-corrected chi connectivity index (χ3v) is 3.09. The van der Waals surface area contributed by atoms with Crippen LogP contribution in [0, 0.1) is 0 Å². The molecule has 0 spiro atoms. The summed E-state index contributed by atoms with van der Waals surface area (Å²) < 4.78 is 50.8. The molecule has 1 N–H and O–H groups in total. The molecule has 2 heterocycles. The number of halogens is 3. The number of anilines is 2. The van der Waals surface area contributed by atoms with Crippen molar-refractivity contribution in [3.05, 3.63) is 48.8 Å². The minimum absolute atomic E-state index is 0.197. The normalized spacial score (nSPS) is 11.2. The Labute approximate surface area is 140 Å². The van der Waals surface area contributed by atoms with Gasteiger partial charge in [-0.15, -0.1) is 13.2 Å². The van der Waals surface area contributed by atoms with Crippen LogP contribution in [-0.4, -0.2) is 23.4 Å². The fourth-order valence-electron chi connectivity index (χ4n) is 1.97. The van der Waals surface area contributed by atoms with Crippen LogP contribution in [0.15, 0.2) is 53.2 Å². The highest BCUT2D eigenvalue weighted by atomic mass is 19.4. The average molecular weight is 351 g/mol. The van der Waals surface area contributed by atoms with Crippen molar-refractivity contribution in [1.29, 1.82) is 0 Å². The molecule has 130 valence electrons. The van der Waals surface area contributed by atoms with E-state index in [9.17, 15) is 13.2 Å². The van der Waals surface area contributed by atoms with E-state index >= 15 is 0 Å². The van der Waals surface area contributed by atoms with Crippen LogP contribution in [0.1, 0.15) is 0 Å². The predicted octanol–water partition coefficient (Wildman–Crippen LogP) is 4.39. The van der Waals surface area contributed by atoms with Crippen LogP contribution in [0.2, 0.25) is 0 Å². The largest absolute Gasteiger partial charge is 0.573 e. The zero-order chi connectivity index (χ0) is 17.9. The van der Waals surface area contributed by atoms with Gasteiger partial charge in [-0.2, -0.15) is 0 Å². The summed E-state index contributed by atoms with van der Waals surface area (Å²) in [5, 5.41) is 2.87. The number of hydrogen-bond acceptors (Lipinski definition) is 6. The second kappa shape index (κ2) is 6.71. The van der Waals surface area contributed by atoms with Gasteiger partial charge in [-0.25, -0.2) is 9.97 Å². The molecule has 3 rings (SSSR count). The molecule has 1 aromatic carbocycles. The topological polar surface area (TPSA) is 69.4 Å². The summed E-state index contributed by atoms with van der Waals surface area (Å²) in [4.78, 5) is 8.17. The van der Waals surface area contributed by atoms with Crippen molar-refractivity contribution in [2.24, 2.45) is 0 Å². The average Bonchev–Trinajstić information content (AvgIpc) is 3.03. The minimum atomic E-state index is -4.73. The summed E-state index contributed by atoms with van der Waals surface area (Å²) in [6, 6.07) is 8.88. The second-order valence-electron chi connectivity index (χ2n) is 4.81. The number of hydrogen-bond donors (Lipinski definition) is 1. The molecule has 6 nitrogen and oxygen atoms in total. The molecule has 2 aromatic heterocycles. The Morgan fingerprint density at radius 1 is 0.960 bits per heavy atom. The first-order valence-corrected chi connectivity index (χ1v) is 7.02. The van der Waals surface area contributed by atoms with E-state index in [0.29, 0.717) is 22.9 Å². The summed E-state index contributed by atoms with van der Waals surface area (Å²) in [7, 11) is 1.54. The molecule has 0 radical (unpaired) electrons. The quantitative estimate of drug-likeness (QED) is 0.735. The van der Waals surface area contributed by atoms with E-state index in [1.807, 2.05) is 0 Å². The van der Waals surface area contributed by atoms with Gasteiger partial charge in [-0.3, -0.25) is 5.32 Å². The van der Waals surface area contributed by atoms with E-state index in [1.165, 1.54) is 43.8 Å². The Bertz CT molecular complexity index is 830. The summed E-state index contributed by atoms with van der Waals surface area (Å²) in [5.74, 6) is 1.19. The van der Waals surface area contributed by atoms with Crippen molar-refractivity contribution in [2.45, 2.75) is 6.36 Å². The molecule has 0 aliphatic carbocycles. The van der Waals surface area contributed by atoms with Gasteiger partial charge in [0.05, 0.1) is 19.5 Å². The molecule has 25 heavy (non-hydrogen) atoms. The molecular formula is C16H12F3N3O3. The molecule has 0 fully saturated rings. The van der Waals surface area contributed by atoms with Crippen molar-refractivity contribution in [2.75, 3.05) is 12.4 Å². The minimum Gasteiger partial charge on any atom is -0.495 e. The first-order valence-electron chi connectivity index (χ1n) is 7.02. The number of rotatable bonds is 5. The molecule has 0 unspecified atom stereocenters. The van der Waals surface area contributed by atoms with Crippen molar-refractivity contribution in [1.82, 2.24) is 9.97 Å². The van der Waals surface area contributed by atoms with Crippen LogP contribution in [-0.2, 0) is 0 Å². The lowest BCUT2D eigenvalue weighted by Crippen LogP contribution is -2.16. The van der Waals surface area contributed by atoms with Gasteiger partial charge < -0.3 is 13.9 Å². The van der Waals surface area contributed by atoms with E-state index in [4.69, 9.17) is 9.15 Å². The molecule has 0 bridgehead atoms. The predicted molar refractivity (Wildman–Crippen MR) is 82.7 cm³/mol. The van der Waals surface area contributed by atoms with Crippen molar-refractivity contribution in [3.63, 3.8) is 0 Å². The molecule has 0 saturated heterocycles. The number of ether oxygens (including phenoxy) is 2. The second-order valence-corrected chi connectivity index (χ2v) is 4.81. The lowest BCUT2D eigenvalue weighted by atomic mass is 10.2. The molecule has 3 aromatic rings. The molecule has 0 atom stereocenters. The summed E-state index contributed by atoms with van der Waals surface area (Å²) in [6.45, 7) is 0. The summed E-state index contributed by atoms with van der Waals surface area (Å²) in [5.41, 5.74) is 0.553. The van der Waals surface area contributed by atoms with E-state index in [-0.39, 0.29) is 11.8 Å². The Kier molecular flexibility index (Phi) is 4.46. The molecule has 0 saturated carbocycles. The monoisotopic (exact) mass is 351 g/mol. The highest BCUT2D eigenvalue weighted by molar-refractivity contribution is 5.59. The van der Waals surface area contributed by atoms with Crippen LogP contribution in [0.5, 0.6) is 11.5 Å². The van der Waals surface area contributed by atoms with Crippen molar-refractivity contribution < 1.29 is 27.1 Å². The van der Waals surface area contributed by atoms with E-state index in [0.717, 1.165) is 0 Å². The maximum Gasteiger partial charge on any atom is 0.573 e. The number of aromatic nitrogens is 2. The van der Waals surface area contributed by atoms with Gasteiger partial charge in [0.15, 0.2) is 5.76 Å². The zero-order valence-corrected chi connectivity index (χ0v) is 12.9. The van der Waals surface area contributed by atoms with Crippen LogP contribution in [0.3, 0.4) is 0 Å². The van der Waals surface area contributed by atoms with Crippen molar-refractivity contribution >= 4 is 11.8 Å². The Hall–Kier alpha value is -3.23. The maximum atomic E-state index is 12.2. The smallest absolute Gasteiger partial charge is 0.495 e. The highest BCUT2D eigenvalue weighted by Gasteiger charge is 2.31. The number of alkyl halides is 3. The fourth-order valence-corrected chi connectivity index (χ4v) is 1.97. The maximum absolute atomic E-state index is 12.2. The SMILES string of the molecule is COc1ccc(Nc2ncc(-c3ccc(OC(F)(F)F)cc3)o2)nc1. The standard InChI is InChI=1S/C16H12F3N3O3/c1-23-12-6-7-14(20-8-12)22-15-21-9-13(24-15)10-2-4-11(5-3-10)25-16(17,18)19/h2-9H,1H3,(H,20,21,22). The van der Waals surface area contributed by atoms with E-state index in [2.05, 4.69) is 20.0 Å². The van der Waals surface area contributed by atoms with Crippen LogP contribution < -0.4 is 14.8 Å². The Morgan fingerprint density at radius 3 is 2.28 bits per heavy atom. The number of pyridine rings is 1. The highest BCUT2D eigenvalue weighted by Crippen LogP contribution is 2.28. The lowest BCUT2D eigenvalue weighted by Gasteiger charge is -2.08. The van der Waals surface area contributed by atoms with Gasteiger partial charge in [0.25, 0.3) is 0 Å². The first kappa shape index (κ1) is 16.6. The number of nitrogens with zero attached hydrogens (tertiary/aromatic N) is 2. The fraction of sp³-hybridized carbons (Fsp3) is 0.125. The van der Waals surface area contributed by atoms with Gasteiger partial charge in [0.2, 0.25) is 0 Å². The van der Waals surface area contributed by atoms with E-state index < -0.39 is 6.36 Å². The van der Waals surface area contributed by atoms with Crippen LogP contribution in [0.4, 0.5) is 25.0 Å². The van der Waals surface area contributed by atoms with Crippen LogP contribution in [0.25, 0.3) is 11.3 Å². The van der Waals surface area contributed by atoms with Gasteiger partial charge in [-0.05, 0) is 36.4 Å². The van der Waals surface area contributed by atoms with Crippen molar-refractivity contribution in [3.8, 4) is 22.8 Å². The van der Waals surface area contributed by atoms with Crippen LogP contribution >= 0.6 is 0 Å². The van der Waals surface area contributed by atoms with Gasteiger partial charge >= 0.3 is 12.4 Å². The van der Waals surface area contributed by atoms with Gasteiger partial charge in [0.1, 0.15) is 17.3 Å². The number of oxazole rings is 1. The zero-order valence-electron chi connectivity index (χ0n) is 12.9. The molecule has 0 amide bonds. The molecule has 0 aliphatic heterocycles. The number of nitrogens with one attached hydrogen (secondary N) is 1. The lowest BCUT2D eigenvalue weighted by molar-refractivity contribution is -0.274.